The Morgan fingerprint density at radius 1 is 1.27 bits per heavy atom. The molecule has 0 unspecified atom stereocenters. The number of nitrogens with zero attached hydrogens (tertiary/aromatic N) is 2. The lowest BCUT2D eigenvalue weighted by atomic mass is 10.0. The van der Waals surface area contributed by atoms with E-state index in [1.54, 1.807) is 0 Å². The maximum absolute atomic E-state index is 4.49. The Balaban J connectivity index is 1.77. The molecule has 15 heavy (non-hydrogen) atoms. The van der Waals surface area contributed by atoms with Crippen LogP contribution in [0.5, 0.6) is 0 Å². The molecule has 1 aromatic rings. The predicted molar refractivity (Wildman–Crippen MR) is 60.7 cm³/mol. The highest BCUT2D eigenvalue weighted by molar-refractivity contribution is 4.91. The molecule has 1 fully saturated rings. The molecular weight excluding hydrogens is 186 g/mol. The van der Waals surface area contributed by atoms with Crippen LogP contribution in [-0.2, 0) is 12.8 Å². The van der Waals surface area contributed by atoms with E-state index in [0.29, 0.717) is 0 Å². The third-order valence-corrected chi connectivity index (χ3v) is 3.32. The summed E-state index contributed by atoms with van der Waals surface area (Å²) in [6, 6.07) is 0. The number of rotatable bonds is 5. The molecule has 1 N–H and O–H groups in total. The van der Waals surface area contributed by atoms with Crippen LogP contribution in [0.15, 0.2) is 0 Å². The number of aromatic amines is 1. The normalized spacial score (nSPS) is 17.4. The Bertz CT molecular complexity index is 287. The Kier molecular flexibility index (Phi) is 3.75. The Hall–Kier alpha value is -0.860. The second kappa shape index (κ2) is 5.29. The fourth-order valence-corrected chi connectivity index (χ4v) is 2.43. The largest absolute Gasteiger partial charge is 0.263 e. The molecule has 0 bridgehead atoms. The highest BCUT2D eigenvalue weighted by Crippen LogP contribution is 2.28. The Labute approximate surface area is 91.7 Å². The zero-order valence-electron chi connectivity index (χ0n) is 9.63. The van der Waals surface area contributed by atoms with Gasteiger partial charge in [0, 0.05) is 12.8 Å². The van der Waals surface area contributed by atoms with Crippen molar-refractivity contribution in [3.05, 3.63) is 11.6 Å². The van der Waals surface area contributed by atoms with Crippen molar-refractivity contribution in [3.63, 3.8) is 0 Å². The number of aromatic nitrogens is 3. The summed E-state index contributed by atoms with van der Waals surface area (Å²) in [5.74, 6) is 3.02. The van der Waals surface area contributed by atoms with E-state index >= 15 is 0 Å². The van der Waals surface area contributed by atoms with Gasteiger partial charge in [0.05, 0.1) is 0 Å². The summed E-state index contributed by atoms with van der Waals surface area (Å²) in [5, 5.41) is 7.28. The van der Waals surface area contributed by atoms with Crippen molar-refractivity contribution < 1.29 is 0 Å². The molecule has 0 radical (unpaired) electrons. The number of nitrogens with one attached hydrogen (secondary N) is 1. The van der Waals surface area contributed by atoms with Gasteiger partial charge in [-0.05, 0) is 18.8 Å². The molecular formula is C12H21N3. The van der Waals surface area contributed by atoms with E-state index < -0.39 is 0 Å². The number of hydrogen-bond acceptors (Lipinski definition) is 2. The fraction of sp³-hybridized carbons (Fsp3) is 0.833. The molecule has 1 aromatic heterocycles. The lowest BCUT2D eigenvalue weighted by Crippen LogP contribution is -1.97. The monoisotopic (exact) mass is 207 g/mol. The lowest BCUT2D eigenvalue weighted by Gasteiger charge is -2.05. The average Bonchev–Trinajstić information content (AvgIpc) is 2.85. The van der Waals surface area contributed by atoms with Gasteiger partial charge in [-0.1, -0.05) is 32.6 Å². The molecule has 84 valence electrons. The summed E-state index contributed by atoms with van der Waals surface area (Å²) >= 11 is 0. The molecule has 1 heterocycles. The average molecular weight is 207 g/mol. The molecule has 3 nitrogen and oxygen atoms in total. The molecule has 0 atom stereocenters. The molecule has 0 amide bonds. The Morgan fingerprint density at radius 3 is 2.80 bits per heavy atom. The van der Waals surface area contributed by atoms with Crippen LogP contribution in [0.1, 0.15) is 57.1 Å². The van der Waals surface area contributed by atoms with Gasteiger partial charge in [0.2, 0.25) is 0 Å². The van der Waals surface area contributed by atoms with Crippen molar-refractivity contribution in [3.8, 4) is 0 Å². The van der Waals surface area contributed by atoms with E-state index in [0.717, 1.165) is 36.8 Å². The van der Waals surface area contributed by atoms with E-state index in [9.17, 15) is 0 Å². The summed E-state index contributed by atoms with van der Waals surface area (Å²) in [5.41, 5.74) is 0. The molecule has 0 aromatic carbocycles. The minimum atomic E-state index is 0.943. The first kappa shape index (κ1) is 10.7. The van der Waals surface area contributed by atoms with Gasteiger partial charge < -0.3 is 0 Å². The first-order chi connectivity index (χ1) is 7.38. The summed E-state index contributed by atoms with van der Waals surface area (Å²) in [7, 11) is 0. The topological polar surface area (TPSA) is 41.6 Å². The third-order valence-electron chi connectivity index (χ3n) is 3.32. The predicted octanol–water partition coefficient (Wildman–Crippen LogP) is 2.88. The van der Waals surface area contributed by atoms with Gasteiger partial charge >= 0.3 is 0 Å². The second-order valence-corrected chi connectivity index (χ2v) is 4.64. The SMILES string of the molecule is CCCc1nc(CCC2CCCC2)n[nH]1. The van der Waals surface area contributed by atoms with E-state index in [1.165, 1.54) is 32.1 Å². The fourth-order valence-electron chi connectivity index (χ4n) is 2.43. The summed E-state index contributed by atoms with van der Waals surface area (Å²) in [6.45, 7) is 2.17. The van der Waals surface area contributed by atoms with Gasteiger partial charge in [0.25, 0.3) is 0 Å². The standard InChI is InChI=1S/C12H21N3/c1-2-5-11-13-12(15-14-11)9-8-10-6-3-4-7-10/h10H,2-9H2,1H3,(H,13,14,15). The molecule has 1 aliphatic carbocycles. The molecule has 1 aliphatic rings. The van der Waals surface area contributed by atoms with Crippen LogP contribution >= 0.6 is 0 Å². The van der Waals surface area contributed by atoms with Crippen molar-refractivity contribution in [2.75, 3.05) is 0 Å². The highest BCUT2D eigenvalue weighted by Gasteiger charge is 2.15. The van der Waals surface area contributed by atoms with Gasteiger partial charge in [-0.15, -0.1) is 0 Å². The van der Waals surface area contributed by atoms with Crippen LogP contribution in [0, 0.1) is 5.92 Å². The van der Waals surface area contributed by atoms with E-state index in [-0.39, 0.29) is 0 Å². The molecule has 2 rings (SSSR count). The van der Waals surface area contributed by atoms with Crippen LogP contribution < -0.4 is 0 Å². The smallest absolute Gasteiger partial charge is 0.150 e. The highest BCUT2D eigenvalue weighted by atomic mass is 15.2. The maximum Gasteiger partial charge on any atom is 0.150 e. The number of aryl methyl sites for hydroxylation is 2. The summed E-state index contributed by atoms with van der Waals surface area (Å²) < 4.78 is 0. The maximum atomic E-state index is 4.49. The number of H-pyrrole nitrogens is 1. The van der Waals surface area contributed by atoms with E-state index in [2.05, 4.69) is 22.1 Å². The van der Waals surface area contributed by atoms with E-state index in [1.807, 2.05) is 0 Å². The van der Waals surface area contributed by atoms with Gasteiger partial charge in [0.15, 0.2) is 5.82 Å². The van der Waals surface area contributed by atoms with Crippen LogP contribution in [0.2, 0.25) is 0 Å². The van der Waals surface area contributed by atoms with Crippen molar-refractivity contribution in [1.29, 1.82) is 0 Å². The Morgan fingerprint density at radius 2 is 2.07 bits per heavy atom. The van der Waals surface area contributed by atoms with Crippen LogP contribution in [0.25, 0.3) is 0 Å². The minimum absolute atomic E-state index is 0.943. The summed E-state index contributed by atoms with van der Waals surface area (Å²) in [6.07, 6.45) is 10.2. The molecule has 0 saturated heterocycles. The minimum Gasteiger partial charge on any atom is -0.263 e. The molecule has 0 aliphatic heterocycles. The van der Waals surface area contributed by atoms with Gasteiger partial charge in [0.1, 0.15) is 5.82 Å². The van der Waals surface area contributed by atoms with Gasteiger partial charge in [-0.25, -0.2) is 4.98 Å². The lowest BCUT2D eigenvalue weighted by molar-refractivity contribution is 0.497. The van der Waals surface area contributed by atoms with Gasteiger partial charge in [-0.3, -0.25) is 5.10 Å². The van der Waals surface area contributed by atoms with Gasteiger partial charge in [-0.2, -0.15) is 5.10 Å². The van der Waals surface area contributed by atoms with Crippen molar-refractivity contribution in [2.45, 2.75) is 58.3 Å². The zero-order valence-corrected chi connectivity index (χ0v) is 9.63. The van der Waals surface area contributed by atoms with Crippen molar-refractivity contribution in [1.82, 2.24) is 15.2 Å². The van der Waals surface area contributed by atoms with Crippen LogP contribution in [-0.4, -0.2) is 15.2 Å². The molecule has 1 saturated carbocycles. The zero-order chi connectivity index (χ0) is 10.5. The number of hydrogen-bond donors (Lipinski definition) is 1. The first-order valence-electron chi connectivity index (χ1n) is 6.28. The van der Waals surface area contributed by atoms with Crippen molar-refractivity contribution >= 4 is 0 Å². The quantitative estimate of drug-likeness (QED) is 0.806. The third kappa shape index (κ3) is 3.05. The van der Waals surface area contributed by atoms with Crippen LogP contribution in [0.3, 0.4) is 0 Å². The molecule has 0 spiro atoms. The van der Waals surface area contributed by atoms with Crippen molar-refractivity contribution in [2.24, 2.45) is 5.92 Å². The summed E-state index contributed by atoms with van der Waals surface area (Å²) in [4.78, 5) is 4.49. The molecule has 3 heteroatoms. The second-order valence-electron chi connectivity index (χ2n) is 4.64. The van der Waals surface area contributed by atoms with E-state index in [4.69, 9.17) is 0 Å². The first-order valence-corrected chi connectivity index (χ1v) is 6.28. The van der Waals surface area contributed by atoms with Crippen LogP contribution in [0.4, 0.5) is 0 Å².